The highest BCUT2D eigenvalue weighted by Gasteiger charge is 2.38. The summed E-state index contributed by atoms with van der Waals surface area (Å²) in [6, 6.07) is 10.8. The molecule has 3 rings (SSSR count). The zero-order valence-electron chi connectivity index (χ0n) is 15.2. The molecule has 0 spiro atoms. The molecule has 3 N–H and O–H groups in total. The van der Waals surface area contributed by atoms with Gasteiger partial charge >= 0.3 is 0 Å². The van der Waals surface area contributed by atoms with Crippen molar-refractivity contribution in [2.45, 2.75) is 57.0 Å². The van der Waals surface area contributed by atoms with E-state index in [1.54, 1.807) is 0 Å². The number of carbonyl (C=O) groups excluding carboxylic acids is 1. The minimum atomic E-state index is 0.0862. The van der Waals surface area contributed by atoms with Gasteiger partial charge in [0.1, 0.15) is 0 Å². The quantitative estimate of drug-likeness (QED) is 0.502. The number of likely N-dealkylation sites (tertiary alicyclic amines) is 1. The van der Waals surface area contributed by atoms with Crippen molar-refractivity contribution < 1.29 is 4.79 Å². The molecule has 136 valence electrons. The third kappa shape index (κ3) is 4.53. The van der Waals surface area contributed by atoms with Crippen molar-refractivity contribution in [3.05, 3.63) is 35.9 Å². The summed E-state index contributed by atoms with van der Waals surface area (Å²) in [4.78, 5) is 18.6. The Balaban J connectivity index is 1.62. The number of nitrogens with two attached hydrogens (primary N) is 1. The Labute approximate surface area is 150 Å². The third-order valence-corrected chi connectivity index (χ3v) is 5.54. The number of aliphatic imine (C=N–C) groups is 1. The van der Waals surface area contributed by atoms with E-state index in [2.05, 4.69) is 22.4 Å². The van der Waals surface area contributed by atoms with Crippen LogP contribution in [0.4, 0.5) is 0 Å². The van der Waals surface area contributed by atoms with Gasteiger partial charge in [0.05, 0.1) is 6.04 Å². The molecule has 1 aromatic carbocycles. The zero-order chi connectivity index (χ0) is 17.6. The lowest BCUT2D eigenvalue weighted by Gasteiger charge is -2.25. The number of nitrogens with zero attached hydrogens (tertiary/aromatic N) is 2. The predicted octanol–water partition coefficient (Wildman–Crippen LogP) is 2.83. The summed E-state index contributed by atoms with van der Waals surface area (Å²) in [5.41, 5.74) is 7.30. The molecular formula is C20H30N4O. The van der Waals surface area contributed by atoms with E-state index in [0.717, 1.165) is 0 Å². The lowest BCUT2D eigenvalue weighted by molar-refractivity contribution is -0.127. The maximum atomic E-state index is 12.2. The highest BCUT2D eigenvalue weighted by atomic mass is 16.2. The van der Waals surface area contributed by atoms with Crippen LogP contribution in [0.1, 0.15) is 56.6 Å². The van der Waals surface area contributed by atoms with Gasteiger partial charge in [-0.1, -0.05) is 56.0 Å². The van der Waals surface area contributed by atoms with Gasteiger partial charge in [-0.2, -0.15) is 0 Å². The average Bonchev–Trinajstić information content (AvgIpc) is 2.79. The topological polar surface area (TPSA) is 70.7 Å². The van der Waals surface area contributed by atoms with Gasteiger partial charge in [-0.25, -0.2) is 0 Å². The van der Waals surface area contributed by atoms with E-state index < -0.39 is 0 Å². The van der Waals surface area contributed by atoms with Gasteiger partial charge in [-0.3, -0.25) is 9.79 Å². The fraction of sp³-hybridized carbons (Fsp3) is 0.600. The molecule has 0 radical (unpaired) electrons. The second-order valence-corrected chi connectivity index (χ2v) is 7.38. The molecule has 1 saturated carbocycles. The number of rotatable bonds is 4. The fourth-order valence-electron chi connectivity index (χ4n) is 4.16. The summed E-state index contributed by atoms with van der Waals surface area (Å²) in [7, 11) is 1.89. The van der Waals surface area contributed by atoms with Crippen molar-refractivity contribution >= 4 is 11.9 Å². The Kier molecular flexibility index (Phi) is 5.95. The molecular weight excluding hydrogens is 312 g/mol. The van der Waals surface area contributed by atoms with Crippen LogP contribution in [-0.2, 0) is 4.79 Å². The first-order valence-corrected chi connectivity index (χ1v) is 9.52. The van der Waals surface area contributed by atoms with Crippen molar-refractivity contribution in [1.82, 2.24) is 10.2 Å². The summed E-state index contributed by atoms with van der Waals surface area (Å²) < 4.78 is 0. The SMILES string of the molecule is CN1C(=O)CC(CN=C(N)NC2CCCCCC2)C1c1ccccc1. The zero-order valence-corrected chi connectivity index (χ0v) is 15.2. The number of benzene rings is 1. The van der Waals surface area contributed by atoms with Crippen LogP contribution >= 0.6 is 0 Å². The lowest BCUT2D eigenvalue weighted by Crippen LogP contribution is -2.40. The molecule has 2 atom stereocenters. The van der Waals surface area contributed by atoms with Crippen molar-refractivity contribution in [2.24, 2.45) is 16.6 Å². The summed E-state index contributed by atoms with van der Waals surface area (Å²) in [6.07, 6.45) is 8.07. The summed E-state index contributed by atoms with van der Waals surface area (Å²) in [5.74, 6) is 0.888. The number of amides is 1. The number of carbonyl (C=O) groups is 1. The number of guanidine groups is 1. The van der Waals surface area contributed by atoms with E-state index in [0.29, 0.717) is 25.0 Å². The molecule has 0 bridgehead atoms. The van der Waals surface area contributed by atoms with E-state index in [9.17, 15) is 4.79 Å². The Hall–Kier alpha value is -2.04. The maximum absolute atomic E-state index is 12.2. The van der Waals surface area contributed by atoms with Crippen molar-refractivity contribution in [3.8, 4) is 0 Å². The summed E-state index contributed by atoms with van der Waals surface area (Å²) in [5, 5.41) is 3.39. The van der Waals surface area contributed by atoms with Crippen LogP contribution in [0, 0.1) is 5.92 Å². The third-order valence-electron chi connectivity index (χ3n) is 5.54. The molecule has 2 unspecified atom stereocenters. The summed E-state index contributed by atoms with van der Waals surface area (Å²) >= 11 is 0. The molecule has 2 aliphatic rings. The lowest BCUT2D eigenvalue weighted by atomic mass is 9.94. The van der Waals surface area contributed by atoms with E-state index >= 15 is 0 Å². The molecule has 1 aromatic rings. The van der Waals surface area contributed by atoms with Gasteiger partial charge in [0, 0.05) is 32.0 Å². The molecule has 5 heteroatoms. The molecule has 1 aliphatic heterocycles. The van der Waals surface area contributed by atoms with Crippen molar-refractivity contribution in [2.75, 3.05) is 13.6 Å². The molecule has 5 nitrogen and oxygen atoms in total. The van der Waals surface area contributed by atoms with Crippen LogP contribution in [0.5, 0.6) is 0 Å². The normalized spacial score (nSPS) is 25.9. The van der Waals surface area contributed by atoms with Gasteiger partial charge in [-0.15, -0.1) is 0 Å². The molecule has 1 heterocycles. The Bertz CT molecular complexity index is 593. The van der Waals surface area contributed by atoms with Crippen molar-refractivity contribution in [1.29, 1.82) is 0 Å². The molecule has 1 saturated heterocycles. The monoisotopic (exact) mass is 342 g/mol. The van der Waals surface area contributed by atoms with E-state index in [-0.39, 0.29) is 17.9 Å². The van der Waals surface area contributed by atoms with Gasteiger partial charge in [0.2, 0.25) is 5.91 Å². The standard InChI is InChI=1S/C20H30N4O/c1-24-18(25)13-16(19(24)15-9-5-4-6-10-15)14-22-20(21)23-17-11-7-2-3-8-12-17/h4-6,9-10,16-17,19H,2-3,7-8,11-14H2,1H3,(H3,21,22,23). The van der Waals surface area contributed by atoms with Crippen LogP contribution < -0.4 is 11.1 Å². The van der Waals surface area contributed by atoms with E-state index in [1.165, 1.54) is 44.1 Å². The molecule has 1 amide bonds. The largest absolute Gasteiger partial charge is 0.370 e. The second kappa shape index (κ2) is 8.37. The smallest absolute Gasteiger partial charge is 0.223 e. The number of hydrogen-bond acceptors (Lipinski definition) is 2. The van der Waals surface area contributed by atoms with Gasteiger partial charge < -0.3 is 16.0 Å². The van der Waals surface area contributed by atoms with Gasteiger partial charge in [0.25, 0.3) is 0 Å². The van der Waals surface area contributed by atoms with Crippen molar-refractivity contribution in [3.63, 3.8) is 0 Å². The van der Waals surface area contributed by atoms with E-state index in [1.807, 2.05) is 30.1 Å². The minimum Gasteiger partial charge on any atom is -0.370 e. The first kappa shape index (κ1) is 17.8. The van der Waals surface area contributed by atoms with Crippen LogP contribution in [0.25, 0.3) is 0 Å². The predicted molar refractivity (Wildman–Crippen MR) is 101 cm³/mol. The Morgan fingerprint density at radius 3 is 2.56 bits per heavy atom. The number of nitrogens with one attached hydrogen (secondary N) is 1. The number of hydrogen-bond donors (Lipinski definition) is 2. The van der Waals surface area contributed by atoms with Gasteiger partial charge in [-0.05, 0) is 18.4 Å². The minimum absolute atomic E-state index is 0.0862. The fourth-order valence-corrected chi connectivity index (χ4v) is 4.16. The Morgan fingerprint density at radius 1 is 1.20 bits per heavy atom. The van der Waals surface area contributed by atoms with Crippen LogP contribution in [0.2, 0.25) is 0 Å². The molecule has 1 aliphatic carbocycles. The van der Waals surface area contributed by atoms with Crippen LogP contribution in [0.3, 0.4) is 0 Å². The second-order valence-electron chi connectivity index (χ2n) is 7.38. The average molecular weight is 342 g/mol. The highest BCUT2D eigenvalue weighted by Crippen LogP contribution is 2.36. The van der Waals surface area contributed by atoms with Crippen LogP contribution in [-0.4, -0.2) is 36.4 Å². The highest BCUT2D eigenvalue weighted by molar-refractivity contribution is 5.80. The maximum Gasteiger partial charge on any atom is 0.223 e. The van der Waals surface area contributed by atoms with Crippen LogP contribution in [0.15, 0.2) is 35.3 Å². The molecule has 2 fully saturated rings. The summed E-state index contributed by atoms with van der Waals surface area (Å²) in [6.45, 7) is 0.585. The van der Waals surface area contributed by atoms with Gasteiger partial charge in [0.15, 0.2) is 5.96 Å². The molecule has 25 heavy (non-hydrogen) atoms. The molecule has 0 aromatic heterocycles. The first-order valence-electron chi connectivity index (χ1n) is 9.52. The first-order chi connectivity index (χ1) is 12.1. The Morgan fingerprint density at radius 2 is 1.88 bits per heavy atom. The van der Waals surface area contributed by atoms with E-state index in [4.69, 9.17) is 5.73 Å².